The SMILES string of the molecule is CCOC(=O)/C(C#N)=C1\CCC(=O)N(CC2CCCCO2)CC1. The van der Waals surface area contributed by atoms with Crippen LogP contribution in [0.4, 0.5) is 0 Å². The largest absolute Gasteiger partial charge is 0.462 e. The first-order valence-corrected chi connectivity index (χ1v) is 8.34. The number of ether oxygens (including phenoxy) is 2. The molecule has 0 aliphatic carbocycles. The Morgan fingerprint density at radius 2 is 2.22 bits per heavy atom. The van der Waals surface area contributed by atoms with Gasteiger partial charge in [0.2, 0.25) is 5.91 Å². The van der Waals surface area contributed by atoms with E-state index in [1.54, 1.807) is 6.92 Å². The molecule has 6 nitrogen and oxygen atoms in total. The number of carbonyl (C=O) groups excluding carboxylic acids is 2. The van der Waals surface area contributed by atoms with Crippen molar-refractivity contribution < 1.29 is 19.1 Å². The lowest BCUT2D eigenvalue weighted by Crippen LogP contribution is -2.39. The first-order valence-electron chi connectivity index (χ1n) is 8.34. The van der Waals surface area contributed by atoms with Crippen LogP contribution in [0, 0.1) is 11.3 Å². The molecular formula is C17H24N2O4. The average Bonchev–Trinajstić information content (AvgIpc) is 2.73. The molecule has 2 aliphatic heterocycles. The Kier molecular flexibility index (Phi) is 6.60. The zero-order valence-electron chi connectivity index (χ0n) is 13.7. The van der Waals surface area contributed by atoms with Crippen molar-refractivity contribution in [3.8, 4) is 6.07 Å². The molecule has 0 aromatic heterocycles. The van der Waals surface area contributed by atoms with Crippen LogP contribution in [0.3, 0.4) is 0 Å². The molecule has 23 heavy (non-hydrogen) atoms. The van der Waals surface area contributed by atoms with Crippen molar-refractivity contribution in [2.45, 2.75) is 51.6 Å². The van der Waals surface area contributed by atoms with Gasteiger partial charge in [-0.25, -0.2) is 4.79 Å². The number of nitriles is 1. The molecule has 2 rings (SSSR count). The number of carbonyl (C=O) groups is 2. The van der Waals surface area contributed by atoms with Crippen LogP contribution in [-0.2, 0) is 19.1 Å². The van der Waals surface area contributed by atoms with Crippen molar-refractivity contribution in [3.63, 3.8) is 0 Å². The standard InChI is InChI=1S/C17H24N2O4/c1-2-22-17(21)15(11-18)13-6-7-16(20)19(9-8-13)12-14-5-3-4-10-23-14/h14H,2-10,12H2,1H3/b15-13+. The Bertz CT molecular complexity index is 515. The highest BCUT2D eigenvalue weighted by Gasteiger charge is 2.26. The Hall–Kier alpha value is -1.87. The summed E-state index contributed by atoms with van der Waals surface area (Å²) in [6, 6.07) is 1.95. The zero-order valence-corrected chi connectivity index (χ0v) is 13.7. The molecule has 0 bridgehead atoms. The van der Waals surface area contributed by atoms with Crippen LogP contribution >= 0.6 is 0 Å². The second-order valence-electron chi connectivity index (χ2n) is 5.89. The lowest BCUT2D eigenvalue weighted by atomic mass is 10.0. The van der Waals surface area contributed by atoms with Crippen molar-refractivity contribution >= 4 is 11.9 Å². The molecule has 6 heteroatoms. The summed E-state index contributed by atoms with van der Waals surface area (Å²) in [4.78, 5) is 25.9. The first-order chi connectivity index (χ1) is 11.2. The number of likely N-dealkylation sites (tertiary alicyclic amines) is 1. The van der Waals surface area contributed by atoms with Gasteiger partial charge in [-0.1, -0.05) is 0 Å². The minimum absolute atomic E-state index is 0.0651. The highest BCUT2D eigenvalue weighted by Crippen LogP contribution is 2.23. The highest BCUT2D eigenvalue weighted by atomic mass is 16.5. The van der Waals surface area contributed by atoms with Gasteiger partial charge in [-0.3, -0.25) is 4.79 Å². The monoisotopic (exact) mass is 320 g/mol. The van der Waals surface area contributed by atoms with E-state index in [2.05, 4.69) is 0 Å². The van der Waals surface area contributed by atoms with Crippen molar-refractivity contribution in [2.24, 2.45) is 0 Å². The van der Waals surface area contributed by atoms with Crippen LogP contribution in [0.15, 0.2) is 11.1 Å². The second kappa shape index (κ2) is 8.68. The maximum atomic E-state index is 12.3. The molecule has 0 aromatic rings. The van der Waals surface area contributed by atoms with Gasteiger partial charge in [-0.2, -0.15) is 5.26 Å². The van der Waals surface area contributed by atoms with Crippen LogP contribution in [0.25, 0.3) is 0 Å². The Labute approximate surface area is 137 Å². The van der Waals surface area contributed by atoms with E-state index in [-0.39, 0.29) is 24.2 Å². The summed E-state index contributed by atoms with van der Waals surface area (Å²) in [5.74, 6) is -0.517. The molecule has 1 unspecified atom stereocenters. The summed E-state index contributed by atoms with van der Waals surface area (Å²) >= 11 is 0. The Morgan fingerprint density at radius 1 is 1.39 bits per heavy atom. The predicted molar refractivity (Wildman–Crippen MR) is 83.3 cm³/mol. The first kappa shape index (κ1) is 17.5. The Morgan fingerprint density at radius 3 is 2.87 bits per heavy atom. The molecule has 0 spiro atoms. The van der Waals surface area contributed by atoms with Gasteiger partial charge in [-0.15, -0.1) is 0 Å². The molecule has 126 valence electrons. The van der Waals surface area contributed by atoms with E-state index in [0.29, 0.717) is 32.4 Å². The molecule has 1 amide bonds. The van der Waals surface area contributed by atoms with E-state index in [0.717, 1.165) is 31.4 Å². The van der Waals surface area contributed by atoms with E-state index in [1.165, 1.54) is 0 Å². The van der Waals surface area contributed by atoms with Crippen molar-refractivity contribution in [3.05, 3.63) is 11.1 Å². The zero-order chi connectivity index (χ0) is 16.7. The van der Waals surface area contributed by atoms with Gasteiger partial charge < -0.3 is 14.4 Å². The molecule has 2 aliphatic rings. The van der Waals surface area contributed by atoms with E-state index in [1.807, 2.05) is 11.0 Å². The van der Waals surface area contributed by atoms with Gasteiger partial charge in [0.1, 0.15) is 11.6 Å². The third-order valence-corrected chi connectivity index (χ3v) is 4.32. The lowest BCUT2D eigenvalue weighted by Gasteiger charge is -2.29. The second-order valence-corrected chi connectivity index (χ2v) is 5.89. The molecule has 0 radical (unpaired) electrons. The molecule has 2 saturated heterocycles. The van der Waals surface area contributed by atoms with Crippen LogP contribution in [0.2, 0.25) is 0 Å². The normalized spacial score (nSPS) is 24.6. The molecule has 0 saturated carbocycles. The smallest absolute Gasteiger partial charge is 0.348 e. The topological polar surface area (TPSA) is 79.6 Å². The summed E-state index contributed by atoms with van der Waals surface area (Å²) in [6.45, 7) is 3.84. The van der Waals surface area contributed by atoms with Crippen LogP contribution in [-0.4, -0.2) is 49.2 Å². The Balaban J connectivity index is 2.02. The summed E-state index contributed by atoms with van der Waals surface area (Å²) in [5, 5.41) is 9.23. The van der Waals surface area contributed by atoms with Crippen LogP contribution in [0.1, 0.15) is 45.4 Å². The van der Waals surface area contributed by atoms with Crippen molar-refractivity contribution in [1.82, 2.24) is 4.90 Å². The van der Waals surface area contributed by atoms with Gasteiger partial charge in [0.25, 0.3) is 0 Å². The van der Waals surface area contributed by atoms with Gasteiger partial charge in [-0.05, 0) is 44.6 Å². The fourth-order valence-corrected chi connectivity index (χ4v) is 3.05. The molecule has 2 heterocycles. The fourth-order valence-electron chi connectivity index (χ4n) is 3.05. The lowest BCUT2D eigenvalue weighted by molar-refractivity contribution is -0.138. The number of nitrogens with zero attached hydrogens (tertiary/aromatic N) is 2. The predicted octanol–water partition coefficient (Wildman–Crippen LogP) is 1.95. The van der Waals surface area contributed by atoms with Crippen LogP contribution < -0.4 is 0 Å². The molecule has 0 N–H and O–H groups in total. The van der Waals surface area contributed by atoms with Gasteiger partial charge in [0, 0.05) is 26.1 Å². The molecule has 1 atom stereocenters. The highest BCUT2D eigenvalue weighted by molar-refractivity contribution is 5.94. The van der Waals surface area contributed by atoms with E-state index >= 15 is 0 Å². The minimum atomic E-state index is -0.582. The van der Waals surface area contributed by atoms with E-state index in [9.17, 15) is 14.9 Å². The van der Waals surface area contributed by atoms with E-state index < -0.39 is 5.97 Å². The third-order valence-electron chi connectivity index (χ3n) is 4.32. The quantitative estimate of drug-likeness (QED) is 0.449. The number of hydrogen-bond acceptors (Lipinski definition) is 5. The summed E-state index contributed by atoms with van der Waals surface area (Å²) in [6.07, 6.45) is 4.63. The van der Waals surface area contributed by atoms with Gasteiger partial charge in [0.05, 0.1) is 12.7 Å². The number of amides is 1. The maximum absolute atomic E-state index is 12.3. The molecular weight excluding hydrogens is 296 g/mol. The van der Waals surface area contributed by atoms with E-state index in [4.69, 9.17) is 9.47 Å². The molecule has 2 fully saturated rings. The summed E-state index contributed by atoms with van der Waals surface area (Å²) in [5.41, 5.74) is 0.793. The van der Waals surface area contributed by atoms with Crippen molar-refractivity contribution in [1.29, 1.82) is 5.26 Å². The summed E-state index contributed by atoms with van der Waals surface area (Å²) < 4.78 is 10.6. The summed E-state index contributed by atoms with van der Waals surface area (Å²) in [7, 11) is 0. The maximum Gasteiger partial charge on any atom is 0.348 e. The number of esters is 1. The van der Waals surface area contributed by atoms with Gasteiger partial charge >= 0.3 is 5.97 Å². The minimum Gasteiger partial charge on any atom is -0.462 e. The number of hydrogen-bond donors (Lipinski definition) is 0. The van der Waals surface area contributed by atoms with Crippen LogP contribution in [0.5, 0.6) is 0 Å². The fraction of sp³-hybridized carbons (Fsp3) is 0.706. The average molecular weight is 320 g/mol. The van der Waals surface area contributed by atoms with Gasteiger partial charge in [0.15, 0.2) is 0 Å². The van der Waals surface area contributed by atoms with Crippen molar-refractivity contribution in [2.75, 3.05) is 26.3 Å². The number of rotatable bonds is 4. The molecule has 0 aromatic carbocycles. The third kappa shape index (κ3) is 4.80.